The van der Waals surface area contributed by atoms with E-state index in [0.717, 1.165) is 11.3 Å². The number of aromatic nitrogens is 1. The number of nitriles is 1. The summed E-state index contributed by atoms with van der Waals surface area (Å²) in [5, 5.41) is 44.0. The van der Waals surface area contributed by atoms with Crippen molar-refractivity contribution < 1.29 is 30.0 Å². The summed E-state index contributed by atoms with van der Waals surface area (Å²) in [6.07, 6.45) is 0. The van der Waals surface area contributed by atoms with Crippen molar-refractivity contribution in [1.29, 1.82) is 5.26 Å². The minimum Gasteiger partial charge on any atom is -0.492 e. The van der Waals surface area contributed by atoms with E-state index in [2.05, 4.69) is 11.1 Å². The summed E-state index contributed by atoms with van der Waals surface area (Å²) >= 11 is 1.10. The first-order valence-corrected chi connectivity index (χ1v) is 9.92. The van der Waals surface area contributed by atoms with Gasteiger partial charge in [0, 0.05) is 5.56 Å². The first-order valence-electron chi connectivity index (χ1n) is 9.10. The van der Waals surface area contributed by atoms with E-state index in [-0.39, 0.29) is 4.88 Å². The maximum Gasteiger partial charge on any atom is 0.347 e. The number of carbonyl (C=O) groups is 1. The van der Waals surface area contributed by atoms with Crippen LogP contribution in [0.3, 0.4) is 0 Å². The summed E-state index contributed by atoms with van der Waals surface area (Å²) in [4.78, 5) is 15.6. The molecule has 9 nitrogen and oxygen atoms in total. The lowest BCUT2D eigenvalue weighted by Gasteiger charge is -2.20. The molecule has 0 spiro atoms. The topological polar surface area (TPSA) is 170 Å². The Bertz CT molecular complexity index is 879. The molecule has 2 aromatic rings. The molecular weight excluding hydrogens is 410 g/mol. The van der Waals surface area contributed by atoms with Crippen LogP contribution in [0, 0.1) is 24.2 Å². The summed E-state index contributed by atoms with van der Waals surface area (Å²) < 4.78 is 5.61. The number of aromatic carboxylic acids is 1. The number of nitrogens with zero attached hydrogens (tertiary/aromatic N) is 2. The Hall–Kier alpha value is -2.55. The molecule has 0 aliphatic rings. The minimum absolute atomic E-state index is 0.216. The first kappa shape index (κ1) is 25.5. The van der Waals surface area contributed by atoms with Gasteiger partial charge in [0.25, 0.3) is 0 Å². The lowest BCUT2D eigenvalue weighted by Crippen LogP contribution is -2.50. The zero-order valence-corrected chi connectivity index (χ0v) is 17.9. The van der Waals surface area contributed by atoms with Crippen LogP contribution in [0.25, 0.3) is 10.6 Å². The van der Waals surface area contributed by atoms with Gasteiger partial charge in [-0.1, -0.05) is 13.8 Å². The van der Waals surface area contributed by atoms with Crippen molar-refractivity contribution in [1.82, 2.24) is 4.98 Å². The molecule has 2 rings (SSSR count). The van der Waals surface area contributed by atoms with Gasteiger partial charge in [-0.25, -0.2) is 9.78 Å². The summed E-state index contributed by atoms with van der Waals surface area (Å²) in [6.45, 7) is 5.06. The fourth-order valence-electron chi connectivity index (χ4n) is 2.00. The van der Waals surface area contributed by atoms with Gasteiger partial charge < -0.3 is 30.9 Å². The minimum atomic E-state index is -1.21. The molecule has 1 aromatic heterocycles. The maximum absolute atomic E-state index is 11.1. The van der Waals surface area contributed by atoms with Crippen LogP contribution in [0.1, 0.15) is 34.8 Å². The second kappa shape index (κ2) is 11.6. The first-order chi connectivity index (χ1) is 14.1. The molecule has 30 heavy (non-hydrogen) atoms. The van der Waals surface area contributed by atoms with Crippen molar-refractivity contribution in [3.63, 3.8) is 0 Å². The third kappa shape index (κ3) is 7.05. The van der Waals surface area contributed by atoms with E-state index in [1.807, 2.05) is 13.8 Å². The molecule has 0 radical (unpaired) electrons. The van der Waals surface area contributed by atoms with Gasteiger partial charge in [0.2, 0.25) is 0 Å². The number of aliphatic hydroxyl groups is 3. The molecule has 0 amide bonds. The molecule has 164 valence electrons. The molecule has 0 saturated carbocycles. The smallest absolute Gasteiger partial charge is 0.347 e. The van der Waals surface area contributed by atoms with E-state index in [1.54, 1.807) is 25.1 Å². The predicted octanol–water partition coefficient (Wildman–Crippen LogP) is 1.38. The summed E-state index contributed by atoms with van der Waals surface area (Å²) in [7, 11) is 0. The number of aryl methyl sites for hydroxylation is 1. The van der Waals surface area contributed by atoms with Crippen molar-refractivity contribution in [3.05, 3.63) is 34.3 Å². The Labute approximate surface area is 179 Å². The van der Waals surface area contributed by atoms with Gasteiger partial charge in [-0.2, -0.15) is 5.26 Å². The van der Waals surface area contributed by atoms with Gasteiger partial charge in [-0.15, -0.1) is 11.3 Å². The molecular formula is C20H27N3O6S. The van der Waals surface area contributed by atoms with Crippen LogP contribution < -0.4 is 10.5 Å². The molecule has 10 heteroatoms. The second-order valence-corrected chi connectivity index (χ2v) is 8.10. The van der Waals surface area contributed by atoms with E-state index in [4.69, 9.17) is 30.9 Å². The Balaban J connectivity index is 0.000000479. The molecule has 0 fully saturated rings. The van der Waals surface area contributed by atoms with Crippen LogP contribution in [0.15, 0.2) is 18.2 Å². The molecule has 0 unspecified atom stereocenters. The third-order valence-electron chi connectivity index (χ3n) is 3.85. The zero-order chi connectivity index (χ0) is 22.9. The Morgan fingerprint density at radius 1 is 1.30 bits per heavy atom. The second-order valence-electron chi connectivity index (χ2n) is 7.10. The standard InChI is InChI=1S/C16H16N2O3S.C4H11NO3/c1-9(2)8-21-13-5-4-11(6-12(13)7-17)15-18-10(3)14(22-15)16(19)20;5-4(1-6,2-7)3-8/h4-6,9H,8H2,1-3H3,(H,19,20);6-8H,1-3,5H2. The molecule has 1 heterocycles. The number of ether oxygens (including phenoxy) is 1. The molecule has 1 aromatic carbocycles. The van der Waals surface area contributed by atoms with E-state index < -0.39 is 31.3 Å². The zero-order valence-electron chi connectivity index (χ0n) is 17.1. The highest BCUT2D eigenvalue weighted by Gasteiger charge is 2.20. The number of hydrogen-bond donors (Lipinski definition) is 5. The normalized spacial score (nSPS) is 10.9. The number of rotatable bonds is 8. The fourth-order valence-corrected chi connectivity index (χ4v) is 2.90. The number of nitrogens with two attached hydrogens (primary N) is 1. The molecule has 6 N–H and O–H groups in total. The maximum atomic E-state index is 11.1. The largest absolute Gasteiger partial charge is 0.492 e. The van der Waals surface area contributed by atoms with Crippen molar-refractivity contribution in [2.45, 2.75) is 26.3 Å². The van der Waals surface area contributed by atoms with Gasteiger partial charge in [0.15, 0.2) is 0 Å². The lowest BCUT2D eigenvalue weighted by molar-refractivity contribution is 0.0693. The monoisotopic (exact) mass is 437 g/mol. The van der Waals surface area contributed by atoms with Crippen LogP contribution in [0.4, 0.5) is 0 Å². The number of thiazole rings is 1. The Morgan fingerprint density at radius 3 is 2.30 bits per heavy atom. The highest BCUT2D eigenvalue weighted by Crippen LogP contribution is 2.31. The summed E-state index contributed by atoms with van der Waals surface area (Å²) in [6, 6.07) is 7.31. The van der Waals surface area contributed by atoms with E-state index in [0.29, 0.717) is 40.1 Å². The van der Waals surface area contributed by atoms with E-state index in [1.165, 1.54) is 0 Å². The Kier molecular flexibility index (Phi) is 9.84. The fraction of sp³-hybridized carbons (Fsp3) is 0.450. The van der Waals surface area contributed by atoms with Gasteiger partial charge in [-0.05, 0) is 31.0 Å². The van der Waals surface area contributed by atoms with E-state index in [9.17, 15) is 10.1 Å². The van der Waals surface area contributed by atoms with Crippen molar-refractivity contribution in [3.8, 4) is 22.4 Å². The van der Waals surface area contributed by atoms with Crippen LogP contribution in [0.2, 0.25) is 0 Å². The number of carboxylic acids is 1. The molecule has 0 aliphatic heterocycles. The molecule has 0 atom stereocenters. The molecule has 0 aliphatic carbocycles. The van der Waals surface area contributed by atoms with Gasteiger partial charge >= 0.3 is 5.97 Å². The molecule has 0 bridgehead atoms. The number of aliphatic hydroxyl groups excluding tert-OH is 3. The van der Waals surface area contributed by atoms with Gasteiger partial charge in [-0.3, -0.25) is 0 Å². The quantitative estimate of drug-likeness (QED) is 0.409. The summed E-state index contributed by atoms with van der Waals surface area (Å²) in [5.41, 5.74) is 5.55. The number of benzene rings is 1. The van der Waals surface area contributed by atoms with Crippen LogP contribution in [-0.2, 0) is 0 Å². The number of carboxylic acid groups (broad SMARTS) is 1. The highest BCUT2D eigenvalue weighted by molar-refractivity contribution is 7.17. The third-order valence-corrected chi connectivity index (χ3v) is 5.05. The number of hydrogen-bond acceptors (Lipinski definition) is 9. The average molecular weight is 438 g/mol. The Morgan fingerprint density at radius 2 is 1.90 bits per heavy atom. The van der Waals surface area contributed by atoms with E-state index >= 15 is 0 Å². The predicted molar refractivity (Wildman–Crippen MR) is 112 cm³/mol. The highest BCUT2D eigenvalue weighted by atomic mass is 32.1. The SMILES string of the molecule is Cc1nc(-c2ccc(OCC(C)C)c(C#N)c2)sc1C(=O)O.NC(CO)(CO)CO. The van der Waals surface area contributed by atoms with Gasteiger partial charge in [0.1, 0.15) is 21.7 Å². The lowest BCUT2D eigenvalue weighted by atomic mass is 10.1. The van der Waals surface area contributed by atoms with Crippen molar-refractivity contribution >= 4 is 17.3 Å². The van der Waals surface area contributed by atoms with Gasteiger partial charge in [0.05, 0.1) is 43.2 Å². The average Bonchev–Trinajstić information content (AvgIpc) is 3.13. The summed E-state index contributed by atoms with van der Waals surface area (Å²) in [5.74, 6) is -0.0868. The van der Waals surface area contributed by atoms with Crippen LogP contribution in [-0.4, -0.2) is 63.3 Å². The van der Waals surface area contributed by atoms with Crippen LogP contribution in [0.5, 0.6) is 5.75 Å². The van der Waals surface area contributed by atoms with Crippen molar-refractivity contribution in [2.24, 2.45) is 11.7 Å². The van der Waals surface area contributed by atoms with Crippen molar-refractivity contribution in [2.75, 3.05) is 26.4 Å². The van der Waals surface area contributed by atoms with Crippen LogP contribution >= 0.6 is 11.3 Å². The molecule has 0 saturated heterocycles.